The molecule has 0 amide bonds. The number of hydrogen-bond acceptors (Lipinski definition) is 4. The molecule has 4 N–H and O–H groups in total. The zero-order valence-electron chi connectivity index (χ0n) is 12.6. The normalized spacial score (nSPS) is 12.1. The van der Waals surface area contributed by atoms with Crippen LogP contribution in [0.15, 0.2) is 34.4 Å². The standard InChI is InChI=1S/C15H23N5O/c1-3-10-18-15(16)19-13-8-6-12(7-9-13)14(20-17-2)5-4-11-21/h6-9,11,17H,3-5,10H2,1-2H3,(H3,16,18,19)/b20-14+. The fourth-order valence-corrected chi connectivity index (χ4v) is 1.76. The molecule has 0 saturated carbocycles. The van der Waals surface area contributed by atoms with Crippen LogP contribution in [0.1, 0.15) is 31.7 Å². The number of hydrazone groups is 1. The molecule has 6 heteroatoms. The predicted molar refractivity (Wildman–Crippen MR) is 87.7 cm³/mol. The molecule has 0 aliphatic heterocycles. The van der Waals surface area contributed by atoms with Gasteiger partial charge < -0.3 is 21.3 Å². The van der Waals surface area contributed by atoms with Crippen LogP contribution in [-0.2, 0) is 4.79 Å². The summed E-state index contributed by atoms with van der Waals surface area (Å²) in [6.45, 7) is 2.76. The third-order valence-electron chi connectivity index (χ3n) is 2.74. The Balaban J connectivity index is 2.75. The van der Waals surface area contributed by atoms with Crippen LogP contribution in [0.3, 0.4) is 0 Å². The second kappa shape index (κ2) is 9.52. The van der Waals surface area contributed by atoms with Gasteiger partial charge in [0.15, 0.2) is 5.96 Å². The van der Waals surface area contributed by atoms with Gasteiger partial charge in [-0.2, -0.15) is 5.10 Å². The van der Waals surface area contributed by atoms with Gasteiger partial charge in [0.25, 0.3) is 0 Å². The molecule has 1 rings (SSSR count). The van der Waals surface area contributed by atoms with Crippen LogP contribution in [0.25, 0.3) is 0 Å². The highest BCUT2D eigenvalue weighted by Gasteiger charge is 2.04. The minimum absolute atomic E-state index is 0.412. The first-order valence-corrected chi connectivity index (χ1v) is 7.05. The Hall–Kier alpha value is -2.37. The Kier molecular flexibility index (Phi) is 7.56. The Bertz CT molecular complexity index is 493. The highest BCUT2D eigenvalue weighted by Crippen LogP contribution is 2.12. The van der Waals surface area contributed by atoms with Gasteiger partial charge in [0, 0.05) is 25.7 Å². The minimum Gasteiger partial charge on any atom is -0.370 e. The van der Waals surface area contributed by atoms with Crippen molar-refractivity contribution < 1.29 is 4.79 Å². The highest BCUT2D eigenvalue weighted by atomic mass is 16.1. The smallest absolute Gasteiger partial charge is 0.193 e. The first kappa shape index (κ1) is 16.7. The summed E-state index contributed by atoms with van der Waals surface area (Å²) in [6, 6.07) is 7.71. The van der Waals surface area contributed by atoms with Gasteiger partial charge in [0.1, 0.15) is 6.29 Å². The Labute approximate surface area is 125 Å². The molecule has 0 unspecified atom stereocenters. The SMILES string of the molecule is CCCN=C(N)Nc1ccc(/C(CCC=O)=N/NC)cc1. The van der Waals surface area contributed by atoms with Crippen molar-refractivity contribution in [2.75, 3.05) is 18.9 Å². The van der Waals surface area contributed by atoms with Crippen LogP contribution in [-0.4, -0.2) is 31.5 Å². The lowest BCUT2D eigenvalue weighted by Gasteiger charge is -2.08. The van der Waals surface area contributed by atoms with Crippen LogP contribution in [0.4, 0.5) is 5.69 Å². The first-order chi connectivity index (χ1) is 10.2. The van der Waals surface area contributed by atoms with E-state index in [1.54, 1.807) is 7.05 Å². The number of benzene rings is 1. The second-order valence-corrected chi connectivity index (χ2v) is 4.46. The quantitative estimate of drug-likeness (QED) is 0.294. The van der Waals surface area contributed by atoms with Gasteiger partial charge in [-0.3, -0.25) is 4.99 Å². The molecular formula is C15H23N5O. The summed E-state index contributed by atoms with van der Waals surface area (Å²) in [5.41, 5.74) is 11.2. The third-order valence-corrected chi connectivity index (χ3v) is 2.74. The Morgan fingerprint density at radius 1 is 1.33 bits per heavy atom. The number of carbonyl (C=O) groups excluding carboxylic acids is 1. The number of carbonyl (C=O) groups is 1. The molecule has 0 aromatic heterocycles. The summed E-state index contributed by atoms with van der Waals surface area (Å²) in [5.74, 6) is 0.412. The van der Waals surface area contributed by atoms with E-state index in [1.807, 2.05) is 31.2 Å². The third kappa shape index (κ3) is 6.07. The molecule has 0 radical (unpaired) electrons. The number of nitrogens with zero attached hydrogens (tertiary/aromatic N) is 2. The summed E-state index contributed by atoms with van der Waals surface area (Å²) in [7, 11) is 1.74. The lowest BCUT2D eigenvalue weighted by molar-refractivity contribution is -0.107. The van der Waals surface area contributed by atoms with Crippen molar-refractivity contribution >= 4 is 23.6 Å². The van der Waals surface area contributed by atoms with E-state index in [-0.39, 0.29) is 0 Å². The summed E-state index contributed by atoms with van der Waals surface area (Å²) >= 11 is 0. The van der Waals surface area contributed by atoms with E-state index in [0.717, 1.165) is 29.7 Å². The van der Waals surface area contributed by atoms with Crippen molar-refractivity contribution in [1.82, 2.24) is 5.43 Å². The number of hydrogen-bond donors (Lipinski definition) is 3. The molecule has 0 saturated heterocycles. The Morgan fingerprint density at radius 2 is 2.05 bits per heavy atom. The van der Waals surface area contributed by atoms with Gasteiger partial charge in [-0.15, -0.1) is 0 Å². The molecule has 6 nitrogen and oxygen atoms in total. The number of aldehydes is 1. The van der Waals surface area contributed by atoms with Crippen LogP contribution in [0.5, 0.6) is 0 Å². The lowest BCUT2D eigenvalue weighted by atomic mass is 10.1. The van der Waals surface area contributed by atoms with E-state index in [4.69, 9.17) is 5.73 Å². The number of guanidine groups is 1. The summed E-state index contributed by atoms with van der Waals surface area (Å²) in [6.07, 6.45) is 2.92. The topological polar surface area (TPSA) is 91.9 Å². The molecule has 0 atom stereocenters. The second-order valence-electron chi connectivity index (χ2n) is 4.46. The molecule has 1 aromatic rings. The van der Waals surface area contributed by atoms with E-state index in [9.17, 15) is 4.79 Å². The zero-order valence-corrected chi connectivity index (χ0v) is 12.6. The molecule has 0 bridgehead atoms. The molecule has 114 valence electrons. The van der Waals surface area contributed by atoms with Crippen molar-refractivity contribution in [2.24, 2.45) is 15.8 Å². The highest BCUT2D eigenvalue weighted by molar-refractivity contribution is 6.01. The van der Waals surface area contributed by atoms with Gasteiger partial charge in [-0.25, -0.2) is 0 Å². The van der Waals surface area contributed by atoms with E-state index in [2.05, 4.69) is 20.8 Å². The summed E-state index contributed by atoms with van der Waals surface area (Å²) < 4.78 is 0. The molecule has 0 fully saturated rings. The number of rotatable bonds is 8. The molecule has 0 aliphatic carbocycles. The minimum atomic E-state index is 0.412. The van der Waals surface area contributed by atoms with Gasteiger partial charge in [-0.05, 0) is 30.5 Å². The van der Waals surface area contributed by atoms with E-state index >= 15 is 0 Å². The van der Waals surface area contributed by atoms with Crippen molar-refractivity contribution in [1.29, 1.82) is 0 Å². The first-order valence-electron chi connectivity index (χ1n) is 7.05. The van der Waals surface area contributed by atoms with Gasteiger partial charge >= 0.3 is 0 Å². The number of nitrogens with two attached hydrogens (primary N) is 1. The van der Waals surface area contributed by atoms with Crippen molar-refractivity contribution in [3.05, 3.63) is 29.8 Å². The van der Waals surface area contributed by atoms with Crippen molar-refractivity contribution in [3.63, 3.8) is 0 Å². The number of anilines is 1. The molecule has 0 aliphatic rings. The monoisotopic (exact) mass is 289 g/mol. The van der Waals surface area contributed by atoms with Gasteiger partial charge in [0.2, 0.25) is 0 Å². The van der Waals surface area contributed by atoms with Gasteiger partial charge in [-0.1, -0.05) is 19.1 Å². The zero-order chi connectivity index (χ0) is 15.5. The van der Waals surface area contributed by atoms with Crippen molar-refractivity contribution in [2.45, 2.75) is 26.2 Å². The van der Waals surface area contributed by atoms with Crippen molar-refractivity contribution in [3.8, 4) is 0 Å². The van der Waals surface area contributed by atoms with Crippen LogP contribution < -0.4 is 16.5 Å². The maximum Gasteiger partial charge on any atom is 0.193 e. The van der Waals surface area contributed by atoms with Crippen LogP contribution >= 0.6 is 0 Å². The molecule has 21 heavy (non-hydrogen) atoms. The Morgan fingerprint density at radius 3 is 2.62 bits per heavy atom. The van der Waals surface area contributed by atoms with E-state index in [0.29, 0.717) is 25.3 Å². The molecule has 0 heterocycles. The summed E-state index contributed by atoms with van der Waals surface area (Å²) in [5, 5.41) is 7.24. The van der Waals surface area contributed by atoms with Crippen LogP contribution in [0, 0.1) is 0 Å². The fraction of sp³-hybridized carbons (Fsp3) is 0.400. The molecular weight excluding hydrogens is 266 g/mol. The largest absolute Gasteiger partial charge is 0.370 e. The number of aliphatic imine (C=N–C) groups is 1. The fourth-order valence-electron chi connectivity index (χ4n) is 1.76. The maximum atomic E-state index is 10.5. The lowest BCUT2D eigenvalue weighted by Crippen LogP contribution is -2.22. The van der Waals surface area contributed by atoms with E-state index in [1.165, 1.54) is 0 Å². The van der Waals surface area contributed by atoms with Crippen LogP contribution in [0.2, 0.25) is 0 Å². The summed E-state index contributed by atoms with van der Waals surface area (Å²) in [4.78, 5) is 14.7. The van der Waals surface area contributed by atoms with E-state index < -0.39 is 0 Å². The average Bonchev–Trinajstić information content (AvgIpc) is 2.50. The van der Waals surface area contributed by atoms with Gasteiger partial charge in [0.05, 0.1) is 5.71 Å². The number of nitrogens with one attached hydrogen (secondary N) is 2. The molecule has 1 aromatic carbocycles. The maximum absolute atomic E-state index is 10.5. The average molecular weight is 289 g/mol. The molecule has 0 spiro atoms. The predicted octanol–water partition coefficient (Wildman–Crippen LogP) is 1.73.